The van der Waals surface area contributed by atoms with E-state index in [2.05, 4.69) is 0 Å². The summed E-state index contributed by atoms with van der Waals surface area (Å²) < 4.78 is 15.0. The van der Waals surface area contributed by atoms with E-state index in [1.807, 2.05) is 0 Å². The maximum atomic E-state index is 11.5. The van der Waals surface area contributed by atoms with E-state index in [0.717, 1.165) is 0 Å². The number of aliphatic hydroxyl groups excluding tert-OH is 2. The van der Waals surface area contributed by atoms with Gasteiger partial charge in [0.25, 0.3) is 0 Å². The Kier molecular flexibility index (Phi) is 8.83. The number of rotatable bonds is 9. The first-order valence-electron chi connectivity index (χ1n) is 8.01. The van der Waals surface area contributed by atoms with Gasteiger partial charge in [-0.1, -0.05) is 6.08 Å². The number of allylic oxidation sites excluding steroid dienone is 1. The number of aliphatic hydroxyl groups is 2. The molecule has 0 unspecified atom stereocenters. The summed E-state index contributed by atoms with van der Waals surface area (Å²) >= 11 is 0. The van der Waals surface area contributed by atoms with Gasteiger partial charge in [-0.2, -0.15) is 0 Å². The first kappa shape index (κ1) is 19.6. The highest BCUT2D eigenvalue weighted by molar-refractivity contribution is 5.81. The van der Waals surface area contributed by atoms with Crippen LogP contribution in [0.4, 0.5) is 0 Å². The molecule has 0 aromatic carbocycles. The van der Waals surface area contributed by atoms with E-state index < -0.39 is 36.4 Å². The molecule has 0 saturated carbocycles. The van der Waals surface area contributed by atoms with E-state index >= 15 is 0 Å². The van der Waals surface area contributed by atoms with Crippen molar-refractivity contribution >= 4 is 11.9 Å². The maximum absolute atomic E-state index is 11.5. The number of carbonyl (C=O) groups excluding carboxylic acids is 2. The Bertz CT molecular complexity index is 407. The molecule has 0 aromatic heterocycles. The number of hydrogen-bond donors (Lipinski definition) is 2. The zero-order valence-electron chi connectivity index (χ0n) is 13.6. The largest absolute Gasteiger partial charge is 0.464 e. The van der Waals surface area contributed by atoms with Crippen molar-refractivity contribution in [2.24, 2.45) is 0 Å². The molecule has 1 heterocycles. The van der Waals surface area contributed by atoms with E-state index in [-0.39, 0.29) is 6.61 Å². The van der Waals surface area contributed by atoms with Crippen molar-refractivity contribution in [1.29, 1.82) is 0 Å². The Hall–Kier alpha value is -1.44. The van der Waals surface area contributed by atoms with Gasteiger partial charge >= 0.3 is 11.9 Å². The maximum Gasteiger partial charge on any atom is 0.337 e. The summed E-state index contributed by atoms with van der Waals surface area (Å²) in [5, 5.41) is 19.9. The molecular formula is C16H26O7. The van der Waals surface area contributed by atoms with Gasteiger partial charge in [-0.05, 0) is 39.5 Å². The summed E-state index contributed by atoms with van der Waals surface area (Å²) in [5.41, 5.74) is 0. The minimum Gasteiger partial charge on any atom is -0.464 e. The molecule has 132 valence electrons. The molecule has 1 rings (SSSR count). The molecule has 0 aliphatic carbocycles. The highest BCUT2D eigenvalue weighted by Crippen LogP contribution is 2.26. The first-order valence-corrected chi connectivity index (χ1v) is 8.01. The molecular weight excluding hydrogens is 304 g/mol. The summed E-state index contributed by atoms with van der Waals surface area (Å²) in [6.45, 7) is 3.91. The molecule has 1 fully saturated rings. The van der Waals surface area contributed by atoms with Crippen LogP contribution in [0.5, 0.6) is 0 Å². The molecule has 0 spiro atoms. The van der Waals surface area contributed by atoms with Crippen molar-refractivity contribution in [1.82, 2.24) is 0 Å². The van der Waals surface area contributed by atoms with Crippen molar-refractivity contribution in [3.05, 3.63) is 12.2 Å². The van der Waals surface area contributed by atoms with Crippen LogP contribution < -0.4 is 0 Å². The Balaban J connectivity index is 2.32. The lowest BCUT2D eigenvalue weighted by atomic mass is 10.0. The second-order valence-corrected chi connectivity index (χ2v) is 5.29. The molecule has 7 heteroatoms. The molecule has 23 heavy (non-hydrogen) atoms. The van der Waals surface area contributed by atoms with Gasteiger partial charge in [0, 0.05) is 6.08 Å². The molecule has 0 amide bonds. The number of hydrogen-bond acceptors (Lipinski definition) is 7. The van der Waals surface area contributed by atoms with Crippen LogP contribution in [-0.4, -0.2) is 59.8 Å². The highest BCUT2D eigenvalue weighted by atomic mass is 16.6. The van der Waals surface area contributed by atoms with Gasteiger partial charge in [0.1, 0.15) is 0 Å². The van der Waals surface area contributed by atoms with Crippen LogP contribution in [0.3, 0.4) is 0 Å². The number of esters is 2. The van der Waals surface area contributed by atoms with E-state index in [0.29, 0.717) is 32.3 Å². The Labute approximate surface area is 136 Å². The van der Waals surface area contributed by atoms with Crippen molar-refractivity contribution in [2.75, 3.05) is 13.2 Å². The summed E-state index contributed by atoms with van der Waals surface area (Å²) in [5.74, 6) is -1.11. The summed E-state index contributed by atoms with van der Waals surface area (Å²) in [6, 6.07) is 0. The van der Waals surface area contributed by atoms with Crippen LogP contribution in [0, 0.1) is 0 Å². The van der Waals surface area contributed by atoms with Crippen molar-refractivity contribution in [2.45, 2.75) is 63.9 Å². The van der Waals surface area contributed by atoms with Gasteiger partial charge in [0.2, 0.25) is 0 Å². The number of carbonyl (C=O) groups is 2. The molecule has 1 aliphatic rings. The molecule has 2 N–H and O–H groups in total. The Morgan fingerprint density at radius 3 is 2.48 bits per heavy atom. The summed E-state index contributed by atoms with van der Waals surface area (Å²) in [7, 11) is 0. The predicted octanol–water partition coefficient (Wildman–Crippen LogP) is 0.718. The van der Waals surface area contributed by atoms with Crippen LogP contribution in [0.1, 0.15) is 39.5 Å². The smallest absolute Gasteiger partial charge is 0.337 e. The van der Waals surface area contributed by atoms with Gasteiger partial charge in [-0.25, -0.2) is 9.59 Å². The molecule has 0 radical (unpaired) electrons. The van der Waals surface area contributed by atoms with Gasteiger partial charge in [-0.15, -0.1) is 0 Å². The molecule has 4 atom stereocenters. The van der Waals surface area contributed by atoms with Gasteiger partial charge in [0.05, 0.1) is 31.5 Å². The van der Waals surface area contributed by atoms with Crippen molar-refractivity contribution in [3.63, 3.8) is 0 Å². The van der Waals surface area contributed by atoms with Crippen molar-refractivity contribution in [3.8, 4) is 0 Å². The fourth-order valence-corrected chi connectivity index (χ4v) is 2.41. The zero-order valence-corrected chi connectivity index (χ0v) is 13.6. The summed E-state index contributed by atoms with van der Waals surface area (Å²) in [6.07, 6.45) is 1.82. The Morgan fingerprint density at radius 2 is 1.83 bits per heavy atom. The third kappa shape index (κ3) is 6.68. The van der Waals surface area contributed by atoms with Crippen LogP contribution >= 0.6 is 0 Å². The lowest BCUT2D eigenvalue weighted by Gasteiger charge is -2.20. The average molecular weight is 330 g/mol. The summed E-state index contributed by atoms with van der Waals surface area (Å²) in [4.78, 5) is 22.6. The van der Waals surface area contributed by atoms with Gasteiger partial charge in [0.15, 0.2) is 6.10 Å². The second kappa shape index (κ2) is 10.4. The third-order valence-electron chi connectivity index (χ3n) is 3.56. The molecule has 1 aliphatic heterocycles. The van der Waals surface area contributed by atoms with Crippen LogP contribution in [0.15, 0.2) is 12.2 Å². The SMILES string of the molecule is CCOC(=O)/C=C/CC[C@H](O)[C@@H]1CC[C@H]([C@H](O)C(=O)OCC)O1. The van der Waals surface area contributed by atoms with Gasteiger partial charge in [-0.3, -0.25) is 0 Å². The van der Waals surface area contributed by atoms with Crippen LogP contribution in [0.2, 0.25) is 0 Å². The highest BCUT2D eigenvalue weighted by Gasteiger charge is 2.37. The zero-order chi connectivity index (χ0) is 17.2. The standard InChI is InChI=1S/C16H26O7/c1-3-21-14(18)8-6-5-7-11(17)12-9-10-13(23-12)15(19)16(20)22-4-2/h6,8,11-13,15,17,19H,3-5,7,9-10H2,1-2H3/b8-6+/t11-,12-,13+,15-/m0/s1. The third-order valence-corrected chi connectivity index (χ3v) is 3.56. The lowest BCUT2D eigenvalue weighted by molar-refractivity contribution is -0.163. The molecule has 0 aromatic rings. The predicted molar refractivity (Wildman–Crippen MR) is 81.5 cm³/mol. The Morgan fingerprint density at radius 1 is 1.17 bits per heavy atom. The lowest BCUT2D eigenvalue weighted by Crippen LogP contribution is -2.37. The fraction of sp³-hybridized carbons (Fsp3) is 0.750. The molecule has 1 saturated heterocycles. The fourth-order valence-electron chi connectivity index (χ4n) is 2.41. The van der Waals surface area contributed by atoms with Gasteiger partial charge < -0.3 is 24.4 Å². The van der Waals surface area contributed by atoms with E-state index in [1.165, 1.54) is 6.08 Å². The average Bonchev–Trinajstić information content (AvgIpc) is 3.01. The second-order valence-electron chi connectivity index (χ2n) is 5.29. The van der Waals surface area contributed by atoms with E-state index in [4.69, 9.17) is 14.2 Å². The molecule has 7 nitrogen and oxygen atoms in total. The van der Waals surface area contributed by atoms with E-state index in [1.54, 1.807) is 19.9 Å². The topological polar surface area (TPSA) is 102 Å². The van der Waals surface area contributed by atoms with Crippen molar-refractivity contribution < 1.29 is 34.0 Å². The first-order chi connectivity index (χ1) is 11.0. The number of ether oxygens (including phenoxy) is 3. The quantitative estimate of drug-likeness (QED) is 0.474. The van der Waals surface area contributed by atoms with Crippen LogP contribution in [0.25, 0.3) is 0 Å². The van der Waals surface area contributed by atoms with E-state index in [9.17, 15) is 19.8 Å². The monoisotopic (exact) mass is 330 g/mol. The normalized spacial score (nSPS) is 23.7. The van der Waals surface area contributed by atoms with Crippen LogP contribution in [-0.2, 0) is 23.8 Å². The minimum atomic E-state index is -1.32. The molecule has 0 bridgehead atoms. The minimum absolute atomic E-state index is 0.196.